The van der Waals surface area contributed by atoms with Gasteiger partial charge in [-0.2, -0.15) is 0 Å². The predicted molar refractivity (Wildman–Crippen MR) is 117 cm³/mol. The normalized spacial score (nSPS) is 14.0. The molecule has 1 fully saturated rings. The van der Waals surface area contributed by atoms with Gasteiger partial charge >= 0.3 is 0 Å². The molecule has 2 aromatic carbocycles. The monoisotopic (exact) mass is 437 g/mol. The maximum absolute atomic E-state index is 12.6. The van der Waals surface area contributed by atoms with Gasteiger partial charge in [0.1, 0.15) is 12.3 Å². The lowest BCUT2D eigenvalue weighted by Crippen LogP contribution is -2.37. The van der Waals surface area contributed by atoms with Gasteiger partial charge in [0.25, 0.3) is 0 Å². The summed E-state index contributed by atoms with van der Waals surface area (Å²) in [5, 5.41) is 3.09. The number of hydrogen-bond acceptors (Lipinski definition) is 5. The zero-order valence-electron chi connectivity index (χ0n) is 16.4. The summed E-state index contributed by atoms with van der Waals surface area (Å²) in [6, 6.07) is 12.1. The summed E-state index contributed by atoms with van der Waals surface area (Å²) < 4.78 is 30.9. The van der Waals surface area contributed by atoms with Crippen molar-refractivity contribution < 1.29 is 17.9 Å². The number of carbonyl (C=O) groups excluding carboxylic acids is 1. The van der Waals surface area contributed by atoms with E-state index < -0.39 is 22.5 Å². The van der Waals surface area contributed by atoms with Crippen molar-refractivity contribution in [2.24, 2.45) is 0 Å². The Labute approximate surface area is 176 Å². The van der Waals surface area contributed by atoms with Gasteiger partial charge in [0, 0.05) is 29.5 Å². The molecule has 0 saturated carbocycles. The fraction of sp³-hybridized carbons (Fsp3) is 0.350. The van der Waals surface area contributed by atoms with Crippen LogP contribution in [0.2, 0.25) is 5.02 Å². The first kappa shape index (κ1) is 21.3. The number of sulfonamides is 1. The highest BCUT2D eigenvalue weighted by atomic mass is 35.5. The minimum atomic E-state index is -3.75. The molecule has 9 heteroatoms. The molecule has 1 aliphatic heterocycles. The quantitative estimate of drug-likeness (QED) is 0.718. The molecule has 3 rings (SSSR count). The summed E-state index contributed by atoms with van der Waals surface area (Å²) in [4.78, 5) is 14.9. The molecule has 0 atom stereocenters. The van der Waals surface area contributed by atoms with E-state index in [1.54, 1.807) is 12.1 Å². The second-order valence-electron chi connectivity index (χ2n) is 6.88. The topological polar surface area (TPSA) is 79.0 Å². The number of nitrogens with one attached hydrogen (secondary N) is 1. The highest BCUT2D eigenvalue weighted by Crippen LogP contribution is 2.32. The second kappa shape index (κ2) is 8.92. The third-order valence-electron chi connectivity index (χ3n) is 4.72. The summed E-state index contributed by atoms with van der Waals surface area (Å²) in [5.41, 5.74) is 1.92. The highest BCUT2D eigenvalue weighted by molar-refractivity contribution is 7.92. The summed E-state index contributed by atoms with van der Waals surface area (Å²) in [7, 11) is -2.32. The Morgan fingerprint density at radius 3 is 2.41 bits per heavy atom. The maximum Gasteiger partial charge on any atom is 0.245 e. The van der Waals surface area contributed by atoms with E-state index >= 15 is 0 Å². The first-order chi connectivity index (χ1) is 13.8. The number of anilines is 3. The van der Waals surface area contributed by atoms with E-state index in [2.05, 4.69) is 10.2 Å². The molecule has 0 bridgehead atoms. The van der Waals surface area contributed by atoms with Crippen molar-refractivity contribution in [3.8, 4) is 5.75 Å². The van der Waals surface area contributed by atoms with Crippen LogP contribution in [0, 0.1) is 0 Å². The Hall–Kier alpha value is -2.45. The number of carbonyl (C=O) groups is 1. The van der Waals surface area contributed by atoms with Gasteiger partial charge in [-0.25, -0.2) is 8.42 Å². The smallest absolute Gasteiger partial charge is 0.245 e. The van der Waals surface area contributed by atoms with Crippen molar-refractivity contribution in [1.29, 1.82) is 0 Å². The van der Waals surface area contributed by atoms with Crippen molar-refractivity contribution >= 4 is 44.6 Å². The Balaban J connectivity index is 1.75. The zero-order chi connectivity index (χ0) is 21.0. The SMILES string of the molecule is COc1ccc(Cl)cc1N(CC(=O)Nc1ccc(N2CCCC2)cc1)S(C)(=O)=O. The molecule has 1 saturated heterocycles. The van der Waals surface area contributed by atoms with E-state index in [4.69, 9.17) is 16.3 Å². The lowest BCUT2D eigenvalue weighted by molar-refractivity contribution is -0.114. The molecule has 0 aliphatic carbocycles. The van der Waals surface area contributed by atoms with Crippen LogP contribution in [-0.2, 0) is 14.8 Å². The molecule has 1 amide bonds. The van der Waals surface area contributed by atoms with Gasteiger partial charge in [-0.1, -0.05) is 11.6 Å². The summed E-state index contributed by atoms with van der Waals surface area (Å²) >= 11 is 6.02. The number of halogens is 1. The number of benzene rings is 2. The number of methoxy groups -OCH3 is 1. The van der Waals surface area contributed by atoms with Gasteiger partial charge in [0.15, 0.2) is 0 Å². The third-order valence-corrected chi connectivity index (χ3v) is 6.08. The van der Waals surface area contributed by atoms with Gasteiger partial charge in [-0.15, -0.1) is 0 Å². The van der Waals surface area contributed by atoms with Crippen LogP contribution >= 0.6 is 11.6 Å². The molecule has 1 aliphatic rings. The average Bonchev–Trinajstić information content (AvgIpc) is 3.20. The van der Waals surface area contributed by atoms with Gasteiger partial charge in [-0.05, 0) is 55.3 Å². The third kappa shape index (κ3) is 5.33. The fourth-order valence-corrected chi connectivity index (χ4v) is 4.32. The molecular weight excluding hydrogens is 414 g/mol. The van der Waals surface area contributed by atoms with Gasteiger partial charge in [-0.3, -0.25) is 9.10 Å². The number of hydrogen-bond donors (Lipinski definition) is 1. The molecule has 29 heavy (non-hydrogen) atoms. The summed E-state index contributed by atoms with van der Waals surface area (Å²) in [6.45, 7) is 1.68. The van der Waals surface area contributed by atoms with Crippen molar-refractivity contribution in [3.63, 3.8) is 0 Å². The van der Waals surface area contributed by atoms with Crippen molar-refractivity contribution in [2.45, 2.75) is 12.8 Å². The molecule has 0 unspecified atom stereocenters. The van der Waals surface area contributed by atoms with Crippen molar-refractivity contribution in [3.05, 3.63) is 47.5 Å². The van der Waals surface area contributed by atoms with Crippen LogP contribution in [0.4, 0.5) is 17.1 Å². The van der Waals surface area contributed by atoms with Crippen LogP contribution in [0.25, 0.3) is 0 Å². The van der Waals surface area contributed by atoms with Crippen LogP contribution in [-0.4, -0.2) is 47.3 Å². The van der Waals surface area contributed by atoms with E-state index in [-0.39, 0.29) is 5.69 Å². The Morgan fingerprint density at radius 1 is 1.17 bits per heavy atom. The van der Waals surface area contributed by atoms with Crippen LogP contribution in [0.3, 0.4) is 0 Å². The van der Waals surface area contributed by atoms with Crippen LogP contribution in [0.5, 0.6) is 5.75 Å². The Kier molecular flexibility index (Phi) is 6.54. The van der Waals surface area contributed by atoms with Crippen molar-refractivity contribution in [2.75, 3.05) is 47.5 Å². The summed E-state index contributed by atoms with van der Waals surface area (Å²) in [5.74, 6) is -0.158. The molecular formula is C20H24ClN3O4S. The Bertz CT molecular complexity index is 974. The maximum atomic E-state index is 12.6. The molecule has 0 radical (unpaired) electrons. The van der Waals surface area contributed by atoms with E-state index in [9.17, 15) is 13.2 Å². The van der Waals surface area contributed by atoms with Gasteiger partial charge in [0.2, 0.25) is 15.9 Å². The average molecular weight is 438 g/mol. The largest absolute Gasteiger partial charge is 0.495 e. The van der Waals surface area contributed by atoms with Crippen LogP contribution < -0.4 is 19.3 Å². The van der Waals surface area contributed by atoms with E-state index in [0.717, 1.165) is 29.3 Å². The molecule has 1 N–H and O–H groups in total. The lowest BCUT2D eigenvalue weighted by atomic mass is 10.2. The number of amides is 1. The second-order valence-corrected chi connectivity index (χ2v) is 9.22. The number of nitrogens with zero attached hydrogens (tertiary/aromatic N) is 2. The molecule has 0 aromatic heterocycles. The van der Waals surface area contributed by atoms with E-state index in [1.165, 1.54) is 26.0 Å². The molecule has 2 aromatic rings. The van der Waals surface area contributed by atoms with E-state index in [1.807, 2.05) is 24.3 Å². The predicted octanol–water partition coefficient (Wildman–Crippen LogP) is 3.35. The van der Waals surface area contributed by atoms with Crippen LogP contribution in [0.1, 0.15) is 12.8 Å². The first-order valence-corrected chi connectivity index (χ1v) is 11.5. The fourth-order valence-electron chi connectivity index (χ4n) is 3.30. The van der Waals surface area contributed by atoms with Crippen LogP contribution in [0.15, 0.2) is 42.5 Å². The highest BCUT2D eigenvalue weighted by Gasteiger charge is 2.24. The van der Waals surface area contributed by atoms with Gasteiger partial charge < -0.3 is 15.0 Å². The molecule has 156 valence electrons. The number of rotatable bonds is 7. The zero-order valence-corrected chi connectivity index (χ0v) is 18.0. The van der Waals surface area contributed by atoms with E-state index in [0.29, 0.717) is 16.5 Å². The molecule has 0 spiro atoms. The standard InChI is InChI=1S/C20H24ClN3O4S/c1-28-19-10-5-15(21)13-18(19)24(29(2,26)27)14-20(25)22-16-6-8-17(9-7-16)23-11-3-4-12-23/h5-10,13H,3-4,11-12,14H2,1-2H3,(H,22,25). The number of ether oxygens (including phenoxy) is 1. The van der Waals surface area contributed by atoms with Gasteiger partial charge in [0.05, 0.1) is 19.1 Å². The molecule has 7 nitrogen and oxygen atoms in total. The minimum Gasteiger partial charge on any atom is -0.495 e. The first-order valence-electron chi connectivity index (χ1n) is 9.24. The summed E-state index contributed by atoms with van der Waals surface area (Å²) in [6.07, 6.45) is 3.41. The lowest BCUT2D eigenvalue weighted by Gasteiger charge is -2.24. The Morgan fingerprint density at radius 2 is 1.83 bits per heavy atom. The minimum absolute atomic E-state index is 0.210. The molecule has 1 heterocycles. The van der Waals surface area contributed by atoms with Crippen molar-refractivity contribution in [1.82, 2.24) is 0 Å².